The molecule has 1 aliphatic rings. The minimum Gasteiger partial charge on any atom is -0.324 e. The molecular weight excluding hydrogens is 258 g/mol. The van der Waals surface area contributed by atoms with Crippen LogP contribution in [-0.4, -0.2) is 22.9 Å². The molecule has 0 bridgehead atoms. The van der Waals surface area contributed by atoms with Gasteiger partial charge >= 0.3 is 0 Å². The van der Waals surface area contributed by atoms with Crippen molar-refractivity contribution in [2.24, 2.45) is 0 Å². The molecule has 1 saturated heterocycles. The molecule has 0 radical (unpaired) electrons. The van der Waals surface area contributed by atoms with Gasteiger partial charge in [-0.3, -0.25) is 14.9 Å². The SMILES string of the molecule is Cc1cc([N+](=O)[O-])ccc1NC(=O)C1(C)CCCCN1. The quantitative estimate of drug-likeness (QED) is 0.656. The highest BCUT2D eigenvalue weighted by Crippen LogP contribution is 2.24. The van der Waals surface area contributed by atoms with Crippen molar-refractivity contribution in [3.05, 3.63) is 33.9 Å². The van der Waals surface area contributed by atoms with Gasteiger partial charge in [0.05, 0.1) is 10.5 Å². The first-order valence-corrected chi connectivity index (χ1v) is 6.74. The van der Waals surface area contributed by atoms with E-state index in [1.165, 1.54) is 12.1 Å². The van der Waals surface area contributed by atoms with Gasteiger partial charge in [0.15, 0.2) is 0 Å². The van der Waals surface area contributed by atoms with Crippen molar-refractivity contribution in [1.29, 1.82) is 0 Å². The van der Waals surface area contributed by atoms with E-state index in [0.717, 1.165) is 25.8 Å². The number of nitro groups is 1. The maximum absolute atomic E-state index is 12.4. The third-order valence-electron chi connectivity index (χ3n) is 3.79. The van der Waals surface area contributed by atoms with E-state index in [1.54, 1.807) is 13.0 Å². The minimum atomic E-state index is -0.563. The monoisotopic (exact) mass is 277 g/mol. The number of nitrogens with zero attached hydrogens (tertiary/aromatic N) is 1. The number of non-ortho nitro benzene ring substituents is 1. The predicted molar refractivity (Wildman–Crippen MR) is 76.7 cm³/mol. The van der Waals surface area contributed by atoms with Crippen molar-refractivity contribution in [2.45, 2.75) is 38.6 Å². The largest absolute Gasteiger partial charge is 0.324 e. The zero-order chi connectivity index (χ0) is 14.8. The summed E-state index contributed by atoms with van der Waals surface area (Å²) in [7, 11) is 0. The van der Waals surface area contributed by atoms with E-state index in [0.29, 0.717) is 11.3 Å². The molecule has 1 aromatic rings. The fourth-order valence-corrected chi connectivity index (χ4v) is 2.41. The van der Waals surface area contributed by atoms with Crippen LogP contribution < -0.4 is 10.6 Å². The Labute approximate surface area is 117 Å². The molecule has 1 fully saturated rings. The Kier molecular flexibility index (Phi) is 4.04. The van der Waals surface area contributed by atoms with E-state index < -0.39 is 10.5 Å². The molecule has 108 valence electrons. The molecule has 20 heavy (non-hydrogen) atoms. The molecule has 1 amide bonds. The van der Waals surface area contributed by atoms with E-state index in [4.69, 9.17) is 0 Å². The van der Waals surface area contributed by atoms with Gasteiger partial charge in [0, 0.05) is 17.8 Å². The maximum Gasteiger partial charge on any atom is 0.269 e. The lowest BCUT2D eigenvalue weighted by Gasteiger charge is -2.33. The summed E-state index contributed by atoms with van der Waals surface area (Å²) in [5, 5.41) is 16.8. The normalized spacial score (nSPS) is 22.3. The van der Waals surface area contributed by atoms with Crippen molar-refractivity contribution in [3.63, 3.8) is 0 Å². The molecule has 1 unspecified atom stereocenters. The molecule has 6 nitrogen and oxygen atoms in total. The molecule has 0 aromatic heterocycles. The van der Waals surface area contributed by atoms with Crippen LogP contribution in [0.4, 0.5) is 11.4 Å². The predicted octanol–water partition coefficient (Wildman–Crippen LogP) is 2.37. The van der Waals surface area contributed by atoms with Crippen LogP contribution in [0.5, 0.6) is 0 Å². The molecular formula is C14H19N3O3. The standard InChI is InChI=1S/C14H19N3O3/c1-10-9-11(17(19)20)5-6-12(10)16-13(18)14(2)7-3-4-8-15-14/h5-6,9,15H,3-4,7-8H2,1-2H3,(H,16,18). The highest BCUT2D eigenvalue weighted by molar-refractivity contribution is 5.98. The second-order valence-corrected chi connectivity index (χ2v) is 5.43. The second kappa shape index (κ2) is 5.58. The molecule has 1 aromatic carbocycles. The first-order valence-electron chi connectivity index (χ1n) is 6.74. The number of carbonyl (C=O) groups is 1. The number of anilines is 1. The minimum absolute atomic E-state index is 0.0301. The third-order valence-corrected chi connectivity index (χ3v) is 3.79. The van der Waals surface area contributed by atoms with Crippen molar-refractivity contribution in [1.82, 2.24) is 5.32 Å². The Hall–Kier alpha value is -1.95. The van der Waals surface area contributed by atoms with E-state index in [-0.39, 0.29) is 11.6 Å². The van der Waals surface area contributed by atoms with Crippen LogP contribution in [0.25, 0.3) is 0 Å². The second-order valence-electron chi connectivity index (χ2n) is 5.43. The number of hydrogen-bond donors (Lipinski definition) is 2. The highest BCUT2D eigenvalue weighted by Gasteiger charge is 2.34. The van der Waals surface area contributed by atoms with Crippen LogP contribution in [0.15, 0.2) is 18.2 Å². The summed E-state index contributed by atoms with van der Waals surface area (Å²) in [6, 6.07) is 4.45. The summed E-state index contributed by atoms with van der Waals surface area (Å²) in [5.74, 6) is -0.0887. The third kappa shape index (κ3) is 2.96. The molecule has 0 aliphatic carbocycles. The zero-order valence-corrected chi connectivity index (χ0v) is 11.7. The van der Waals surface area contributed by atoms with Gasteiger partial charge in [0.1, 0.15) is 0 Å². The first-order chi connectivity index (χ1) is 9.42. The van der Waals surface area contributed by atoms with Crippen LogP contribution in [0.2, 0.25) is 0 Å². The van der Waals surface area contributed by atoms with Gasteiger partial charge in [-0.15, -0.1) is 0 Å². The van der Waals surface area contributed by atoms with Gasteiger partial charge in [-0.05, 0) is 51.3 Å². The van der Waals surface area contributed by atoms with Crippen molar-refractivity contribution >= 4 is 17.3 Å². The number of rotatable bonds is 3. The molecule has 0 spiro atoms. The Balaban J connectivity index is 2.13. The number of amides is 1. The van der Waals surface area contributed by atoms with E-state index in [9.17, 15) is 14.9 Å². The average Bonchev–Trinajstić information content (AvgIpc) is 2.41. The van der Waals surface area contributed by atoms with Gasteiger partial charge in [0.25, 0.3) is 5.69 Å². The number of nitro benzene ring substituents is 1. The van der Waals surface area contributed by atoms with Gasteiger partial charge in [-0.25, -0.2) is 0 Å². The molecule has 6 heteroatoms. The fourth-order valence-electron chi connectivity index (χ4n) is 2.41. The molecule has 1 heterocycles. The summed E-state index contributed by atoms with van der Waals surface area (Å²) in [5.41, 5.74) is 0.774. The van der Waals surface area contributed by atoms with Crippen LogP contribution in [0.1, 0.15) is 31.7 Å². The van der Waals surface area contributed by atoms with Crippen LogP contribution >= 0.6 is 0 Å². The lowest BCUT2D eigenvalue weighted by atomic mass is 9.90. The van der Waals surface area contributed by atoms with Gasteiger partial charge < -0.3 is 10.6 Å². The van der Waals surface area contributed by atoms with E-state index >= 15 is 0 Å². The lowest BCUT2D eigenvalue weighted by molar-refractivity contribution is -0.384. The van der Waals surface area contributed by atoms with Gasteiger partial charge in [-0.2, -0.15) is 0 Å². The van der Waals surface area contributed by atoms with Gasteiger partial charge in [-0.1, -0.05) is 0 Å². The van der Waals surface area contributed by atoms with Crippen LogP contribution in [0.3, 0.4) is 0 Å². The lowest BCUT2D eigenvalue weighted by Crippen LogP contribution is -2.54. The molecule has 0 saturated carbocycles. The van der Waals surface area contributed by atoms with Gasteiger partial charge in [0.2, 0.25) is 5.91 Å². The topological polar surface area (TPSA) is 84.3 Å². The van der Waals surface area contributed by atoms with Crippen molar-refractivity contribution in [3.8, 4) is 0 Å². The Morgan fingerprint density at radius 3 is 2.75 bits per heavy atom. The average molecular weight is 277 g/mol. The fraction of sp³-hybridized carbons (Fsp3) is 0.500. The molecule has 1 aliphatic heterocycles. The smallest absolute Gasteiger partial charge is 0.269 e. The Morgan fingerprint density at radius 2 is 2.20 bits per heavy atom. The number of aryl methyl sites for hydroxylation is 1. The number of carbonyl (C=O) groups excluding carboxylic acids is 1. The number of benzene rings is 1. The molecule has 2 rings (SSSR count). The molecule has 1 atom stereocenters. The van der Waals surface area contributed by atoms with Crippen LogP contribution in [0, 0.1) is 17.0 Å². The van der Waals surface area contributed by atoms with Crippen LogP contribution in [-0.2, 0) is 4.79 Å². The maximum atomic E-state index is 12.4. The van der Waals surface area contributed by atoms with Crippen molar-refractivity contribution < 1.29 is 9.72 Å². The number of hydrogen-bond acceptors (Lipinski definition) is 4. The Morgan fingerprint density at radius 1 is 1.45 bits per heavy atom. The number of nitrogens with one attached hydrogen (secondary N) is 2. The highest BCUT2D eigenvalue weighted by atomic mass is 16.6. The number of piperidine rings is 1. The zero-order valence-electron chi connectivity index (χ0n) is 11.7. The van der Waals surface area contributed by atoms with E-state index in [1.807, 2.05) is 6.92 Å². The summed E-state index contributed by atoms with van der Waals surface area (Å²) < 4.78 is 0. The van der Waals surface area contributed by atoms with Crippen molar-refractivity contribution in [2.75, 3.05) is 11.9 Å². The molecule has 2 N–H and O–H groups in total. The Bertz CT molecular complexity index is 536. The first kappa shape index (κ1) is 14.5. The summed E-state index contributed by atoms with van der Waals surface area (Å²) in [6.45, 7) is 4.48. The summed E-state index contributed by atoms with van der Waals surface area (Å²) in [4.78, 5) is 22.6. The summed E-state index contributed by atoms with van der Waals surface area (Å²) in [6.07, 6.45) is 2.90. The van der Waals surface area contributed by atoms with E-state index in [2.05, 4.69) is 10.6 Å². The summed E-state index contributed by atoms with van der Waals surface area (Å²) >= 11 is 0.